The molecule has 1 unspecified atom stereocenters. The van der Waals surface area contributed by atoms with Gasteiger partial charge in [0.25, 0.3) is 5.69 Å². The third kappa shape index (κ3) is 4.91. The first-order valence-corrected chi connectivity index (χ1v) is 8.06. The Kier molecular flexibility index (Phi) is 6.49. The Bertz CT molecular complexity index is 685. The van der Waals surface area contributed by atoms with Gasteiger partial charge in [0.1, 0.15) is 0 Å². The number of hydrogen-bond acceptors (Lipinski definition) is 4. The predicted molar refractivity (Wildman–Crippen MR) is 91.9 cm³/mol. The Morgan fingerprint density at radius 3 is 2.58 bits per heavy atom. The van der Waals surface area contributed by atoms with Crippen molar-refractivity contribution < 1.29 is 14.5 Å². The van der Waals surface area contributed by atoms with E-state index in [0.29, 0.717) is 19.4 Å². The molecule has 5 nitrogen and oxygen atoms in total. The molecule has 0 fully saturated rings. The topological polar surface area (TPSA) is 69.4 Å². The van der Waals surface area contributed by atoms with Gasteiger partial charge in [-0.2, -0.15) is 0 Å². The summed E-state index contributed by atoms with van der Waals surface area (Å²) >= 11 is 0. The van der Waals surface area contributed by atoms with Crippen LogP contribution in [0, 0.1) is 10.1 Å². The molecule has 0 N–H and O–H groups in total. The normalized spacial score (nSPS) is 11.7. The molecule has 126 valence electrons. The number of ether oxygens (including phenoxy) is 1. The number of nitro benzene ring substituents is 1. The van der Waals surface area contributed by atoms with E-state index in [9.17, 15) is 14.9 Å². The lowest BCUT2D eigenvalue weighted by molar-refractivity contribution is -0.384. The summed E-state index contributed by atoms with van der Waals surface area (Å²) in [7, 11) is 0. The van der Waals surface area contributed by atoms with E-state index in [-0.39, 0.29) is 17.6 Å². The van der Waals surface area contributed by atoms with Crippen LogP contribution >= 0.6 is 0 Å². The van der Waals surface area contributed by atoms with Gasteiger partial charge in [-0.05, 0) is 37.3 Å². The number of non-ortho nitro benzene ring substituents is 1. The number of hydrogen-bond donors (Lipinski definition) is 0. The number of nitro groups is 1. The predicted octanol–water partition coefficient (Wildman–Crippen LogP) is 4.26. The van der Waals surface area contributed by atoms with Gasteiger partial charge in [-0.1, -0.05) is 42.5 Å². The van der Waals surface area contributed by atoms with Crippen LogP contribution in [0.25, 0.3) is 0 Å². The number of rotatable bonds is 8. The number of benzene rings is 2. The van der Waals surface area contributed by atoms with Crippen molar-refractivity contribution in [3.05, 3.63) is 75.8 Å². The third-order valence-corrected chi connectivity index (χ3v) is 3.85. The van der Waals surface area contributed by atoms with Crippen molar-refractivity contribution in [3.8, 4) is 0 Å². The Hall–Kier alpha value is -2.69. The minimum Gasteiger partial charge on any atom is -0.466 e. The molecule has 2 rings (SSSR count). The molecule has 2 aromatic rings. The van der Waals surface area contributed by atoms with Crippen LogP contribution in [-0.4, -0.2) is 17.5 Å². The second-order valence-electron chi connectivity index (χ2n) is 5.53. The molecule has 0 saturated heterocycles. The zero-order valence-corrected chi connectivity index (χ0v) is 13.7. The Morgan fingerprint density at radius 2 is 1.92 bits per heavy atom. The van der Waals surface area contributed by atoms with Crippen LogP contribution in [-0.2, 0) is 16.0 Å². The van der Waals surface area contributed by atoms with Gasteiger partial charge in [0, 0.05) is 12.1 Å². The molecule has 0 saturated carbocycles. The highest BCUT2D eigenvalue weighted by atomic mass is 16.6. The highest BCUT2D eigenvalue weighted by Crippen LogP contribution is 2.24. The zero-order chi connectivity index (χ0) is 17.4. The van der Waals surface area contributed by atoms with E-state index in [1.165, 1.54) is 6.07 Å². The van der Waals surface area contributed by atoms with E-state index in [2.05, 4.69) is 0 Å². The van der Waals surface area contributed by atoms with Crippen molar-refractivity contribution in [1.29, 1.82) is 0 Å². The fourth-order valence-corrected chi connectivity index (χ4v) is 2.68. The van der Waals surface area contributed by atoms with Gasteiger partial charge >= 0.3 is 5.97 Å². The molecule has 5 heteroatoms. The molecule has 2 aromatic carbocycles. The molecule has 0 heterocycles. The van der Waals surface area contributed by atoms with Gasteiger partial charge < -0.3 is 4.74 Å². The number of aryl methyl sites for hydroxylation is 1. The summed E-state index contributed by atoms with van der Waals surface area (Å²) in [4.78, 5) is 22.6. The Morgan fingerprint density at radius 1 is 1.17 bits per heavy atom. The summed E-state index contributed by atoms with van der Waals surface area (Å²) in [5.41, 5.74) is 1.94. The lowest BCUT2D eigenvalue weighted by Gasteiger charge is -2.16. The average Bonchev–Trinajstić information content (AvgIpc) is 2.60. The van der Waals surface area contributed by atoms with Crippen LogP contribution in [0.15, 0.2) is 54.6 Å². The summed E-state index contributed by atoms with van der Waals surface area (Å²) in [6, 6.07) is 16.2. The molecule has 0 spiro atoms. The maximum Gasteiger partial charge on any atom is 0.313 e. The quantitative estimate of drug-likeness (QED) is 0.412. The third-order valence-electron chi connectivity index (χ3n) is 3.85. The van der Waals surface area contributed by atoms with Crippen LogP contribution in [0.2, 0.25) is 0 Å². The minimum absolute atomic E-state index is 0.0949. The molecule has 0 bridgehead atoms. The monoisotopic (exact) mass is 327 g/mol. The molecule has 0 radical (unpaired) electrons. The summed E-state index contributed by atoms with van der Waals surface area (Å²) in [6.45, 7) is 2.15. The Labute approximate surface area is 141 Å². The molecule has 0 aromatic heterocycles. The van der Waals surface area contributed by atoms with Crippen LogP contribution in [0.4, 0.5) is 5.69 Å². The second kappa shape index (κ2) is 8.82. The highest BCUT2D eigenvalue weighted by Gasteiger charge is 2.21. The van der Waals surface area contributed by atoms with E-state index < -0.39 is 4.92 Å². The van der Waals surface area contributed by atoms with Crippen molar-refractivity contribution in [2.75, 3.05) is 6.61 Å². The van der Waals surface area contributed by atoms with E-state index >= 15 is 0 Å². The summed E-state index contributed by atoms with van der Waals surface area (Å²) in [6.07, 6.45) is 2.08. The summed E-state index contributed by atoms with van der Waals surface area (Å²) < 4.78 is 5.18. The van der Waals surface area contributed by atoms with Crippen molar-refractivity contribution in [3.63, 3.8) is 0 Å². The number of carbonyl (C=O) groups excluding carboxylic acids is 1. The summed E-state index contributed by atoms with van der Waals surface area (Å²) in [5.74, 6) is -0.521. The number of nitrogens with zero attached hydrogens (tertiary/aromatic N) is 1. The number of carbonyl (C=O) groups is 1. The molecular weight excluding hydrogens is 306 g/mol. The van der Waals surface area contributed by atoms with Crippen molar-refractivity contribution in [1.82, 2.24) is 0 Å². The van der Waals surface area contributed by atoms with Crippen molar-refractivity contribution >= 4 is 11.7 Å². The van der Waals surface area contributed by atoms with Gasteiger partial charge in [-0.25, -0.2) is 0 Å². The fraction of sp³-hybridized carbons (Fsp3) is 0.316. The molecular formula is C19H21NO4. The fourth-order valence-electron chi connectivity index (χ4n) is 2.68. The van der Waals surface area contributed by atoms with Crippen LogP contribution in [0.5, 0.6) is 0 Å². The molecule has 0 aliphatic heterocycles. The van der Waals surface area contributed by atoms with E-state index in [0.717, 1.165) is 17.5 Å². The first-order chi connectivity index (χ1) is 11.6. The summed E-state index contributed by atoms with van der Waals surface area (Å²) in [5, 5.41) is 10.8. The minimum atomic E-state index is -0.394. The molecule has 0 aliphatic rings. The van der Waals surface area contributed by atoms with Crippen LogP contribution < -0.4 is 0 Å². The molecule has 1 atom stereocenters. The Balaban J connectivity index is 2.01. The maximum atomic E-state index is 12.2. The SMILES string of the molecule is CCOC(=O)C(CCCc1cccc([N+](=O)[O-])c1)c1ccccc1. The number of esters is 1. The standard InChI is InChI=1S/C19H21NO4/c1-2-24-19(21)18(16-10-4-3-5-11-16)13-7-9-15-8-6-12-17(14-15)20(22)23/h3-6,8,10-12,14,18H,2,7,9,13H2,1H3. The van der Waals surface area contributed by atoms with Gasteiger partial charge in [0.05, 0.1) is 17.4 Å². The lowest BCUT2D eigenvalue weighted by Crippen LogP contribution is -2.16. The molecule has 0 amide bonds. The van der Waals surface area contributed by atoms with E-state index in [1.54, 1.807) is 19.1 Å². The van der Waals surface area contributed by atoms with Gasteiger partial charge in [0.2, 0.25) is 0 Å². The second-order valence-corrected chi connectivity index (χ2v) is 5.53. The van der Waals surface area contributed by atoms with Crippen LogP contribution in [0.3, 0.4) is 0 Å². The molecule has 0 aliphatic carbocycles. The maximum absolute atomic E-state index is 12.2. The lowest BCUT2D eigenvalue weighted by atomic mass is 9.92. The zero-order valence-electron chi connectivity index (χ0n) is 13.7. The smallest absolute Gasteiger partial charge is 0.313 e. The first-order valence-electron chi connectivity index (χ1n) is 8.06. The van der Waals surface area contributed by atoms with Crippen LogP contribution in [0.1, 0.15) is 36.8 Å². The van der Waals surface area contributed by atoms with Gasteiger partial charge in [-0.3, -0.25) is 14.9 Å². The van der Waals surface area contributed by atoms with Crippen molar-refractivity contribution in [2.45, 2.75) is 32.1 Å². The molecule has 24 heavy (non-hydrogen) atoms. The first kappa shape index (κ1) is 17.7. The van der Waals surface area contributed by atoms with Gasteiger partial charge in [0.15, 0.2) is 0 Å². The van der Waals surface area contributed by atoms with E-state index in [4.69, 9.17) is 4.74 Å². The van der Waals surface area contributed by atoms with Crippen molar-refractivity contribution in [2.24, 2.45) is 0 Å². The average molecular weight is 327 g/mol. The largest absolute Gasteiger partial charge is 0.466 e. The highest BCUT2D eigenvalue weighted by molar-refractivity contribution is 5.78. The van der Waals surface area contributed by atoms with E-state index in [1.807, 2.05) is 36.4 Å². The van der Waals surface area contributed by atoms with Gasteiger partial charge in [-0.15, -0.1) is 0 Å².